The average Bonchev–Trinajstić information content (AvgIpc) is 2.91. The van der Waals surface area contributed by atoms with Crippen LogP contribution in [0.25, 0.3) is 0 Å². The third-order valence-electron chi connectivity index (χ3n) is 3.70. The Morgan fingerprint density at radius 2 is 2.16 bits per heavy atom. The summed E-state index contributed by atoms with van der Waals surface area (Å²) in [7, 11) is 1.58. The third kappa shape index (κ3) is 3.67. The van der Waals surface area contributed by atoms with Crippen LogP contribution >= 0.6 is 0 Å². The molecule has 1 saturated carbocycles. The normalized spacial score (nSPS) is 15.6. The minimum absolute atomic E-state index is 0.110. The maximum Gasteiger partial charge on any atom is 0.270 e. The van der Waals surface area contributed by atoms with Crippen LogP contribution in [0.3, 0.4) is 0 Å². The number of non-ortho nitro benzene ring substituents is 1. The van der Waals surface area contributed by atoms with E-state index in [9.17, 15) is 10.1 Å². The Labute approximate surface area is 113 Å². The van der Waals surface area contributed by atoms with Gasteiger partial charge in [0.2, 0.25) is 0 Å². The largest absolute Gasteiger partial charge is 0.496 e. The molecule has 0 unspecified atom stereocenters. The van der Waals surface area contributed by atoms with Crippen LogP contribution in [0.15, 0.2) is 18.2 Å². The molecule has 0 aliphatic heterocycles. The van der Waals surface area contributed by atoms with Crippen molar-refractivity contribution in [2.75, 3.05) is 13.7 Å². The first-order valence-electron chi connectivity index (χ1n) is 6.72. The van der Waals surface area contributed by atoms with Crippen molar-refractivity contribution in [3.63, 3.8) is 0 Å². The quantitative estimate of drug-likeness (QED) is 0.634. The fraction of sp³-hybridized carbons (Fsp3) is 0.571. The van der Waals surface area contributed by atoms with Gasteiger partial charge in [-0.2, -0.15) is 0 Å². The van der Waals surface area contributed by atoms with Crippen molar-refractivity contribution < 1.29 is 9.66 Å². The molecule has 1 aliphatic carbocycles. The van der Waals surface area contributed by atoms with E-state index < -0.39 is 0 Å². The first-order chi connectivity index (χ1) is 9.20. The zero-order chi connectivity index (χ0) is 13.7. The van der Waals surface area contributed by atoms with Crippen molar-refractivity contribution in [1.82, 2.24) is 5.32 Å². The number of nitrogens with one attached hydrogen (secondary N) is 1. The second-order valence-electron chi connectivity index (χ2n) is 5.03. The Morgan fingerprint density at radius 1 is 1.42 bits per heavy atom. The van der Waals surface area contributed by atoms with E-state index in [1.165, 1.54) is 31.7 Å². The average molecular weight is 264 g/mol. The molecule has 104 valence electrons. The maximum atomic E-state index is 10.8. The van der Waals surface area contributed by atoms with Crippen LogP contribution in [0.2, 0.25) is 0 Å². The van der Waals surface area contributed by atoms with Crippen LogP contribution in [0, 0.1) is 16.0 Å². The van der Waals surface area contributed by atoms with E-state index in [4.69, 9.17) is 4.74 Å². The molecule has 19 heavy (non-hydrogen) atoms. The molecule has 5 heteroatoms. The van der Waals surface area contributed by atoms with Gasteiger partial charge in [-0.3, -0.25) is 10.1 Å². The minimum Gasteiger partial charge on any atom is -0.496 e. The zero-order valence-corrected chi connectivity index (χ0v) is 11.2. The molecule has 1 aromatic rings. The number of nitrogens with zero attached hydrogens (tertiary/aromatic N) is 1. The van der Waals surface area contributed by atoms with Gasteiger partial charge in [0.1, 0.15) is 5.75 Å². The summed E-state index contributed by atoms with van der Waals surface area (Å²) in [5.41, 5.74) is 0.952. The van der Waals surface area contributed by atoms with Crippen LogP contribution in [0.5, 0.6) is 5.75 Å². The Bertz CT molecular complexity index is 442. The number of hydrogen-bond acceptors (Lipinski definition) is 4. The van der Waals surface area contributed by atoms with Crippen molar-refractivity contribution in [1.29, 1.82) is 0 Å². The molecule has 0 saturated heterocycles. The number of benzene rings is 1. The van der Waals surface area contributed by atoms with E-state index in [2.05, 4.69) is 5.32 Å². The number of nitro benzene ring substituents is 1. The van der Waals surface area contributed by atoms with Crippen molar-refractivity contribution in [3.05, 3.63) is 33.9 Å². The molecule has 0 bridgehead atoms. The molecule has 0 spiro atoms. The lowest BCUT2D eigenvalue weighted by molar-refractivity contribution is -0.384. The first-order valence-corrected chi connectivity index (χ1v) is 6.72. The summed E-state index contributed by atoms with van der Waals surface area (Å²) in [6.45, 7) is 1.59. The van der Waals surface area contributed by atoms with Crippen molar-refractivity contribution in [2.24, 2.45) is 5.92 Å². The standard InChI is InChI=1S/C14H20N2O3/c1-19-14-7-6-13(16(17)18)8-12(14)10-15-9-11-4-2-3-5-11/h6-8,11,15H,2-5,9-10H2,1H3. The third-order valence-corrected chi connectivity index (χ3v) is 3.70. The van der Waals surface area contributed by atoms with Crippen LogP contribution < -0.4 is 10.1 Å². The highest BCUT2D eigenvalue weighted by Crippen LogP contribution is 2.25. The summed E-state index contributed by atoms with van der Waals surface area (Å²) in [4.78, 5) is 10.4. The molecular weight excluding hydrogens is 244 g/mol. The first kappa shape index (κ1) is 13.8. The molecular formula is C14H20N2O3. The number of methoxy groups -OCH3 is 1. The Hall–Kier alpha value is -1.62. The fourth-order valence-electron chi connectivity index (χ4n) is 2.64. The Balaban J connectivity index is 1.96. The monoisotopic (exact) mass is 264 g/mol. The zero-order valence-electron chi connectivity index (χ0n) is 11.2. The minimum atomic E-state index is -0.375. The van der Waals surface area contributed by atoms with Crippen molar-refractivity contribution in [2.45, 2.75) is 32.2 Å². The lowest BCUT2D eigenvalue weighted by Gasteiger charge is -2.12. The van der Waals surface area contributed by atoms with Gasteiger partial charge in [-0.05, 0) is 31.4 Å². The molecule has 0 atom stereocenters. The number of hydrogen-bond donors (Lipinski definition) is 1. The van der Waals surface area contributed by atoms with Gasteiger partial charge < -0.3 is 10.1 Å². The van der Waals surface area contributed by atoms with Gasteiger partial charge in [0, 0.05) is 24.2 Å². The predicted molar refractivity (Wildman–Crippen MR) is 73.3 cm³/mol. The molecule has 1 fully saturated rings. The van der Waals surface area contributed by atoms with Crippen LogP contribution in [0.4, 0.5) is 5.69 Å². The fourth-order valence-corrected chi connectivity index (χ4v) is 2.64. The summed E-state index contributed by atoms with van der Waals surface area (Å²) in [5, 5.41) is 14.2. The molecule has 1 aromatic carbocycles. The summed E-state index contributed by atoms with van der Waals surface area (Å²) in [5.74, 6) is 1.45. The molecule has 0 amide bonds. The maximum absolute atomic E-state index is 10.8. The summed E-state index contributed by atoms with van der Waals surface area (Å²) in [6.07, 6.45) is 5.23. The van der Waals surface area contributed by atoms with Gasteiger partial charge in [0.25, 0.3) is 5.69 Å². The summed E-state index contributed by atoms with van der Waals surface area (Å²) in [6, 6.07) is 4.71. The Morgan fingerprint density at radius 3 is 2.79 bits per heavy atom. The van der Waals surface area contributed by atoms with Crippen LogP contribution in [-0.4, -0.2) is 18.6 Å². The summed E-state index contributed by atoms with van der Waals surface area (Å²) < 4.78 is 5.24. The smallest absolute Gasteiger partial charge is 0.270 e. The number of rotatable bonds is 6. The van der Waals surface area contributed by atoms with Crippen molar-refractivity contribution >= 4 is 5.69 Å². The van der Waals surface area contributed by atoms with E-state index in [1.807, 2.05) is 0 Å². The topological polar surface area (TPSA) is 64.4 Å². The molecule has 0 radical (unpaired) electrons. The van der Waals surface area contributed by atoms with Crippen LogP contribution in [-0.2, 0) is 6.54 Å². The molecule has 0 heterocycles. The van der Waals surface area contributed by atoms with Gasteiger partial charge in [0.05, 0.1) is 12.0 Å². The predicted octanol–water partition coefficient (Wildman–Crippen LogP) is 2.88. The van der Waals surface area contributed by atoms with Gasteiger partial charge in [-0.1, -0.05) is 12.8 Å². The van der Waals surface area contributed by atoms with E-state index in [0.717, 1.165) is 18.0 Å². The number of ether oxygens (including phenoxy) is 1. The lowest BCUT2D eigenvalue weighted by atomic mass is 10.1. The van der Waals surface area contributed by atoms with Crippen molar-refractivity contribution in [3.8, 4) is 5.75 Å². The van der Waals surface area contributed by atoms with Crippen LogP contribution in [0.1, 0.15) is 31.2 Å². The van der Waals surface area contributed by atoms with E-state index >= 15 is 0 Å². The van der Waals surface area contributed by atoms with Gasteiger partial charge in [0.15, 0.2) is 0 Å². The Kier molecular flexibility index (Phi) is 4.74. The molecule has 5 nitrogen and oxygen atoms in total. The van der Waals surface area contributed by atoms with E-state index in [0.29, 0.717) is 12.3 Å². The van der Waals surface area contributed by atoms with Gasteiger partial charge in [-0.15, -0.1) is 0 Å². The van der Waals surface area contributed by atoms with E-state index in [-0.39, 0.29) is 10.6 Å². The highest BCUT2D eigenvalue weighted by Gasteiger charge is 2.15. The lowest BCUT2D eigenvalue weighted by Crippen LogP contribution is -2.21. The SMILES string of the molecule is COc1ccc([N+](=O)[O-])cc1CNCC1CCCC1. The van der Waals surface area contributed by atoms with E-state index in [1.54, 1.807) is 19.2 Å². The molecule has 0 aromatic heterocycles. The molecule has 1 aliphatic rings. The van der Waals surface area contributed by atoms with Gasteiger partial charge >= 0.3 is 0 Å². The summed E-state index contributed by atoms with van der Waals surface area (Å²) >= 11 is 0. The molecule has 2 rings (SSSR count). The second-order valence-corrected chi connectivity index (χ2v) is 5.03. The van der Waals surface area contributed by atoms with Gasteiger partial charge in [-0.25, -0.2) is 0 Å². The molecule has 1 N–H and O–H groups in total. The second kappa shape index (κ2) is 6.52. The highest BCUT2D eigenvalue weighted by atomic mass is 16.6. The highest BCUT2D eigenvalue weighted by molar-refractivity contribution is 5.43. The number of nitro groups is 1.